The third-order valence-electron chi connectivity index (χ3n) is 2.10. The number of thiazole rings is 1. The molecule has 5 nitrogen and oxygen atoms in total. The van der Waals surface area contributed by atoms with Gasteiger partial charge in [0.2, 0.25) is 0 Å². The minimum absolute atomic E-state index is 0.0172. The van der Waals surface area contributed by atoms with E-state index in [1.54, 1.807) is 5.38 Å². The van der Waals surface area contributed by atoms with Gasteiger partial charge in [-0.25, -0.2) is 4.98 Å². The van der Waals surface area contributed by atoms with Gasteiger partial charge in [-0.3, -0.25) is 4.79 Å². The average Bonchev–Trinajstić information content (AvgIpc) is 2.67. The minimum atomic E-state index is -0.852. The number of carboxylic acids is 1. The first-order chi connectivity index (χ1) is 7.25. The van der Waals surface area contributed by atoms with Crippen molar-refractivity contribution in [2.24, 2.45) is 0 Å². The molecule has 1 unspecified atom stereocenters. The molecule has 0 bridgehead atoms. The topological polar surface area (TPSA) is 71.5 Å². The van der Waals surface area contributed by atoms with Crippen LogP contribution >= 0.6 is 11.3 Å². The number of morpholine rings is 1. The highest BCUT2D eigenvalue weighted by Crippen LogP contribution is 2.22. The number of aromatic nitrogens is 1. The van der Waals surface area contributed by atoms with Crippen LogP contribution in [-0.4, -0.2) is 35.8 Å². The van der Waals surface area contributed by atoms with E-state index in [-0.39, 0.29) is 12.5 Å². The summed E-state index contributed by atoms with van der Waals surface area (Å²) in [5.41, 5.74) is 0.608. The summed E-state index contributed by atoms with van der Waals surface area (Å²) in [4.78, 5) is 14.7. The van der Waals surface area contributed by atoms with Crippen LogP contribution in [0.3, 0.4) is 0 Å². The van der Waals surface area contributed by atoms with Gasteiger partial charge in [-0.05, 0) is 0 Å². The van der Waals surface area contributed by atoms with Crippen LogP contribution < -0.4 is 5.32 Å². The summed E-state index contributed by atoms with van der Waals surface area (Å²) in [7, 11) is 0. The molecule has 6 heteroatoms. The van der Waals surface area contributed by atoms with Crippen molar-refractivity contribution in [2.75, 3.05) is 19.7 Å². The van der Waals surface area contributed by atoms with E-state index in [9.17, 15) is 4.79 Å². The van der Waals surface area contributed by atoms with Crippen LogP contribution in [0.1, 0.15) is 16.8 Å². The fraction of sp³-hybridized carbons (Fsp3) is 0.556. The van der Waals surface area contributed by atoms with Gasteiger partial charge in [0, 0.05) is 18.5 Å². The lowest BCUT2D eigenvalue weighted by molar-refractivity contribution is -0.136. The largest absolute Gasteiger partial charge is 0.481 e. The maximum absolute atomic E-state index is 10.5. The molecule has 0 radical (unpaired) electrons. The molecule has 0 saturated carbocycles. The summed E-state index contributed by atoms with van der Waals surface area (Å²) >= 11 is 1.46. The molecule has 1 aromatic heterocycles. The summed E-state index contributed by atoms with van der Waals surface area (Å²) in [5, 5.41) is 14.5. The van der Waals surface area contributed by atoms with Crippen LogP contribution in [0.4, 0.5) is 0 Å². The molecule has 0 aromatic carbocycles. The summed E-state index contributed by atoms with van der Waals surface area (Å²) in [6.45, 7) is 2.29. The number of nitrogens with one attached hydrogen (secondary N) is 1. The lowest BCUT2D eigenvalue weighted by Gasteiger charge is -2.21. The van der Waals surface area contributed by atoms with Gasteiger partial charge in [0.05, 0.1) is 18.7 Å². The number of hydrogen-bond donors (Lipinski definition) is 2. The van der Waals surface area contributed by atoms with Gasteiger partial charge in [0.1, 0.15) is 11.1 Å². The lowest BCUT2D eigenvalue weighted by Crippen LogP contribution is -2.33. The smallest absolute Gasteiger partial charge is 0.309 e. The van der Waals surface area contributed by atoms with E-state index in [0.29, 0.717) is 12.3 Å². The Morgan fingerprint density at radius 2 is 2.67 bits per heavy atom. The zero-order chi connectivity index (χ0) is 10.7. The van der Waals surface area contributed by atoms with Gasteiger partial charge >= 0.3 is 5.97 Å². The van der Waals surface area contributed by atoms with E-state index in [0.717, 1.165) is 18.1 Å². The highest BCUT2D eigenvalue weighted by molar-refractivity contribution is 7.09. The van der Waals surface area contributed by atoms with Crippen molar-refractivity contribution in [3.8, 4) is 0 Å². The maximum atomic E-state index is 10.5. The van der Waals surface area contributed by atoms with Crippen molar-refractivity contribution < 1.29 is 14.6 Å². The van der Waals surface area contributed by atoms with E-state index in [1.807, 2.05) is 0 Å². The number of carbonyl (C=O) groups is 1. The second kappa shape index (κ2) is 4.69. The first-order valence-corrected chi connectivity index (χ1v) is 5.62. The van der Waals surface area contributed by atoms with Crippen LogP contribution in [0.25, 0.3) is 0 Å². The number of rotatable bonds is 3. The average molecular weight is 228 g/mol. The molecule has 15 heavy (non-hydrogen) atoms. The molecule has 1 saturated heterocycles. The van der Waals surface area contributed by atoms with Crippen LogP contribution in [0.2, 0.25) is 0 Å². The van der Waals surface area contributed by atoms with Crippen molar-refractivity contribution in [2.45, 2.75) is 12.5 Å². The Labute approximate surface area is 91.1 Å². The molecule has 2 rings (SSSR count). The predicted octanol–water partition coefficient (Wildman–Crippen LogP) is 0.431. The molecule has 2 heterocycles. The van der Waals surface area contributed by atoms with Crippen molar-refractivity contribution in [1.82, 2.24) is 10.3 Å². The molecule has 82 valence electrons. The summed E-state index contributed by atoms with van der Waals surface area (Å²) in [5.74, 6) is -0.852. The Kier molecular flexibility index (Phi) is 3.30. The van der Waals surface area contributed by atoms with Crippen molar-refractivity contribution >= 4 is 17.3 Å². The molecule has 0 spiro atoms. The van der Waals surface area contributed by atoms with Crippen LogP contribution in [0.15, 0.2) is 5.38 Å². The predicted molar refractivity (Wildman–Crippen MR) is 55.0 cm³/mol. The molecular weight excluding hydrogens is 216 g/mol. The highest BCUT2D eigenvalue weighted by Gasteiger charge is 2.19. The molecule has 1 aliphatic rings. The van der Waals surface area contributed by atoms with Gasteiger partial charge in [-0.2, -0.15) is 0 Å². The highest BCUT2D eigenvalue weighted by atomic mass is 32.1. The Morgan fingerprint density at radius 3 is 3.33 bits per heavy atom. The van der Waals surface area contributed by atoms with Gasteiger partial charge in [0.25, 0.3) is 0 Å². The second-order valence-electron chi connectivity index (χ2n) is 3.31. The fourth-order valence-electron chi connectivity index (χ4n) is 1.43. The quantitative estimate of drug-likeness (QED) is 0.785. The molecule has 1 atom stereocenters. The first kappa shape index (κ1) is 10.5. The van der Waals surface area contributed by atoms with Crippen LogP contribution in [0, 0.1) is 0 Å². The molecular formula is C9H12N2O3S. The third-order valence-corrected chi connectivity index (χ3v) is 3.09. The number of nitrogens with zero attached hydrogens (tertiary/aromatic N) is 1. The molecule has 0 amide bonds. The normalized spacial score (nSPS) is 21.5. The fourth-order valence-corrected chi connectivity index (χ4v) is 2.30. The Balaban J connectivity index is 2.02. The molecule has 1 aromatic rings. The molecule has 1 fully saturated rings. The van der Waals surface area contributed by atoms with E-state index in [2.05, 4.69) is 10.3 Å². The zero-order valence-electron chi connectivity index (χ0n) is 8.10. The lowest BCUT2D eigenvalue weighted by atomic mass is 10.3. The number of carboxylic acid groups (broad SMARTS) is 1. The molecule has 1 aliphatic heterocycles. The van der Waals surface area contributed by atoms with Gasteiger partial charge in [-0.1, -0.05) is 0 Å². The third kappa shape index (κ3) is 2.74. The molecule has 2 N–H and O–H groups in total. The van der Waals surface area contributed by atoms with E-state index in [4.69, 9.17) is 9.84 Å². The van der Waals surface area contributed by atoms with Crippen molar-refractivity contribution in [3.63, 3.8) is 0 Å². The summed E-state index contributed by atoms with van der Waals surface area (Å²) < 4.78 is 5.52. The molecule has 0 aliphatic carbocycles. The SMILES string of the molecule is O=C(O)Cc1csc(C2CNCCO2)n1. The Hall–Kier alpha value is -0.980. The van der Waals surface area contributed by atoms with E-state index < -0.39 is 5.97 Å². The monoisotopic (exact) mass is 228 g/mol. The van der Waals surface area contributed by atoms with Crippen molar-refractivity contribution in [3.05, 3.63) is 16.1 Å². The second-order valence-corrected chi connectivity index (χ2v) is 4.20. The Morgan fingerprint density at radius 1 is 1.80 bits per heavy atom. The number of aliphatic carboxylic acids is 1. The van der Waals surface area contributed by atoms with Crippen molar-refractivity contribution in [1.29, 1.82) is 0 Å². The minimum Gasteiger partial charge on any atom is -0.481 e. The maximum Gasteiger partial charge on any atom is 0.309 e. The van der Waals surface area contributed by atoms with Gasteiger partial charge in [-0.15, -0.1) is 11.3 Å². The number of ether oxygens (including phenoxy) is 1. The summed E-state index contributed by atoms with van der Waals surface area (Å²) in [6, 6.07) is 0. The zero-order valence-corrected chi connectivity index (χ0v) is 8.92. The standard InChI is InChI=1S/C9H12N2O3S/c12-8(13)3-6-5-15-9(11-6)7-4-10-1-2-14-7/h5,7,10H,1-4H2,(H,12,13). The number of hydrogen-bond acceptors (Lipinski definition) is 5. The van der Waals surface area contributed by atoms with Gasteiger partial charge in [0.15, 0.2) is 0 Å². The summed E-state index contributed by atoms with van der Waals surface area (Å²) in [6.07, 6.45) is -0.0392. The van der Waals surface area contributed by atoms with E-state index in [1.165, 1.54) is 11.3 Å². The van der Waals surface area contributed by atoms with E-state index >= 15 is 0 Å². The first-order valence-electron chi connectivity index (χ1n) is 4.74. The van der Waals surface area contributed by atoms with Crippen LogP contribution in [0.5, 0.6) is 0 Å². The van der Waals surface area contributed by atoms with Gasteiger partial charge < -0.3 is 15.2 Å². The van der Waals surface area contributed by atoms with Crippen LogP contribution in [-0.2, 0) is 16.0 Å². The Bertz CT molecular complexity index is 347.